The van der Waals surface area contributed by atoms with Gasteiger partial charge in [0.1, 0.15) is 0 Å². The van der Waals surface area contributed by atoms with E-state index in [0.717, 1.165) is 0 Å². The van der Waals surface area contributed by atoms with Crippen molar-refractivity contribution in [1.82, 2.24) is 0 Å². The van der Waals surface area contributed by atoms with Crippen LogP contribution in [-0.4, -0.2) is 16.0 Å². The highest BCUT2D eigenvalue weighted by atomic mass is 16.6. The van der Waals surface area contributed by atoms with Crippen molar-refractivity contribution in [1.29, 1.82) is 0 Å². The molecular weight excluding hydrogens is 222 g/mol. The minimum atomic E-state index is -1.18. The van der Waals surface area contributed by atoms with Crippen molar-refractivity contribution in [3.8, 4) is 0 Å². The number of nitro groups is 1. The largest absolute Gasteiger partial charge is 0.481 e. The van der Waals surface area contributed by atoms with Crippen molar-refractivity contribution in [2.75, 3.05) is 0 Å². The minimum absolute atomic E-state index is 0.126. The molecule has 0 unspecified atom stereocenters. The van der Waals surface area contributed by atoms with Gasteiger partial charge in [0, 0.05) is 11.6 Å². The summed E-state index contributed by atoms with van der Waals surface area (Å²) >= 11 is 0. The summed E-state index contributed by atoms with van der Waals surface area (Å²) in [5, 5.41) is 20.3. The Morgan fingerprint density at radius 1 is 1.35 bits per heavy atom. The molecule has 0 aliphatic carbocycles. The molecule has 5 nitrogen and oxygen atoms in total. The van der Waals surface area contributed by atoms with Crippen LogP contribution >= 0.6 is 0 Å². The monoisotopic (exact) mass is 237 g/mol. The molecule has 1 N–H and O–H groups in total. The van der Waals surface area contributed by atoms with Crippen molar-refractivity contribution in [2.24, 2.45) is 0 Å². The maximum Gasteiger partial charge on any atom is 0.314 e. The molecule has 0 radical (unpaired) electrons. The van der Waals surface area contributed by atoms with Gasteiger partial charge in [-0.15, -0.1) is 0 Å². The van der Waals surface area contributed by atoms with E-state index >= 15 is 0 Å². The van der Waals surface area contributed by atoms with Crippen LogP contribution in [0.1, 0.15) is 32.3 Å². The van der Waals surface area contributed by atoms with E-state index < -0.39 is 16.3 Å². The zero-order chi connectivity index (χ0) is 13.1. The molecule has 0 heterocycles. The SMILES string of the molecule is CCC(CC)(C(=O)O)c1ccccc1[N+](=O)[O-]. The lowest BCUT2D eigenvalue weighted by molar-refractivity contribution is -0.386. The van der Waals surface area contributed by atoms with E-state index in [1.165, 1.54) is 12.1 Å². The van der Waals surface area contributed by atoms with Crippen LogP contribution in [0.15, 0.2) is 24.3 Å². The standard InChI is InChI=1S/C12H15NO4/c1-3-12(4-2,11(14)15)9-7-5-6-8-10(9)13(16)17/h5-8H,3-4H2,1-2H3,(H,14,15). The summed E-state index contributed by atoms with van der Waals surface area (Å²) in [4.78, 5) is 21.8. The first kappa shape index (κ1) is 13.2. The molecule has 0 amide bonds. The first-order chi connectivity index (χ1) is 7.99. The van der Waals surface area contributed by atoms with Crippen molar-refractivity contribution in [3.63, 3.8) is 0 Å². The number of hydrogen-bond donors (Lipinski definition) is 1. The summed E-state index contributed by atoms with van der Waals surface area (Å²) in [6.45, 7) is 3.46. The molecule has 1 aromatic carbocycles. The number of carbonyl (C=O) groups is 1. The van der Waals surface area contributed by atoms with Crippen LogP contribution < -0.4 is 0 Å². The van der Waals surface area contributed by atoms with Gasteiger partial charge in [-0.2, -0.15) is 0 Å². The molecule has 0 fully saturated rings. The maximum absolute atomic E-state index is 11.4. The number of hydrogen-bond acceptors (Lipinski definition) is 3. The first-order valence-electron chi connectivity index (χ1n) is 5.47. The number of carboxylic acid groups (broad SMARTS) is 1. The van der Waals surface area contributed by atoms with Gasteiger partial charge in [-0.05, 0) is 12.8 Å². The Labute approximate surface area is 99.2 Å². The molecule has 0 aromatic heterocycles. The molecular formula is C12H15NO4. The summed E-state index contributed by atoms with van der Waals surface area (Å²) in [5.41, 5.74) is -1.02. The Bertz CT molecular complexity index is 438. The van der Waals surface area contributed by atoms with E-state index in [-0.39, 0.29) is 11.3 Å². The average Bonchev–Trinajstić information content (AvgIpc) is 2.31. The highest BCUT2D eigenvalue weighted by molar-refractivity contribution is 5.83. The van der Waals surface area contributed by atoms with Crippen LogP contribution in [0.3, 0.4) is 0 Å². The topological polar surface area (TPSA) is 80.4 Å². The fraction of sp³-hybridized carbons (Fsp3) is 0.417. The lowest BCUT2D eigenvalue weighted by Crippen LogP contribution is -2.35. The van der Waals surface area contributed by atoms with Gasteiger partial charge in [0.15, 0.2) is 0 Å². The van der Waals surface area contributed by atoms with Gasteiger partial charge in [-0.3, -0.25) is 14.9 Å². The van der Waals surface area contributed by atoms with Gasteiger partial charge in [-0.25, -0.2) is 0 Å². The number of carboxylic acids is 1. The number of nitro benzene ring substituents is 1. The number of aliphatic carboxylic acids is 1. The number of para-hydroxylation sites is 1. The van der Waals surface area contributed by atoms with Crippen LogP contribution in [-0.2, 0) is 10.2 Å². The average molecular weight is 237 g/mol. The Morgan fingerprint density at radius 2 is 1.88 bits per heavy atom. The van der Waals surface area contributed by atoms with E-state index in [1.54, 1.807) is 26.0 Å². The second-order valence-corrected chi connectivity index (χ2v) is 3.87. The quantitative estimate of drug-likeness (QED) is 0.630. The zero-order valence-corrected chi connectivity index (χ0v) is 9.84. The summed E-state index contributed by atoms with van der Waals surface area (Å²) in [6, 6.07) is 6.04. The van der Waals surface area contributed by atoms with Crippen molar-refractivity contribution < 1.29 is 14.8 Å². The van der Waals surface area contributed by atoms with Gasteiger partial charge in [0.05, 0.1) is 10.3 Å². The van der Waals surface area contributed by atoms with Crippen LogP contribution in [0.25, 0.3) is 0 Å². The highest BCUT2D eigenvalue weighted by Gasteiger charge is 2.41. The third-order valence-electron chi connectivity index (χ3n) is 3.23. The maximum atomic E-state index is 11.4. The van der Waals surface area contributed by atoms with Crippen molar-refractivity contribution in [2.45, 2.75) is 32.1 Å². The molecule has 0 aliphatic heterocycles. The van der Waals surface area contributed by atoms with E-state index in [0.29, 0.717) is 12.8 Å². The lowest BCUT2D eigenvalue weighted by Gasteiger charge is -2.26. The van der Waals surface area contributed by atoms with Crippen LogP contribution in [0.2, 0.25) is 0 Å². The third-order valence-corrected chi connectivity index (χ3v) is 3.23. The van der Waals surface area contributed by atoms with Gasteiger partial charge in [0.25, 0.3) is 5.69 Å². The summed E-state index contributed by atoms with van der Waals surface area (Å²) in [7, 11) is 0. The smallest absolute Gasteiger partial charge is 0.314 e. The third kappa shape index (κ3) is 2.13. The number of rotatable bonds is 5. The zero-order valence-electron chi connectivity index (χ0n) is 9.84. The predicted molar refractivity (Wildman–Crippen MR) is 63.0 cm³/mol. The van der Waals surface area contributed by atoms with Crippen molar-refractivity contribution in [3.05, 3.63) is 39.9 Å². The minimum Gasteiger partial charge on any atom is -0.481 e. The summed E-state index contributed by atoms with van der Waals surface area (Å²) in [5.74, 6) is -1.02. The molecule has 0 saturated carbocycles. The Morgan fingerprint density at radius 3 is 2.29 bits per heavy atom. The molecule has 0 saturated heterocycles. The molecule has 0 atom stereocenters. The molecule has 17 heavy (non-hydrogen) atoms. The fourth-order valence-corrected chi connectivity index (χ4v) is 2.09. The fourth-order valence-electron chi connectivity index (χ4n) is 2.09. The Kier molecular flexibility index (Phi) is 3.83. The first-order valence-corrected chi connectivity index (χ1v) is 5.47. The van der Waals surface area contributed by atoms with E-state index in [1.807, 2.05) is 0 Å². The molecule has 0 aliphatic rings. The highest BCUT2D eigenvalue weighted by Crippen LogP contribution is 2.37. The Balaban J connectivity index is 3.48. The Hall–Kier alpha value is -1.91. The van der Waals surface area contributed by atoms with Crippen LogP contribution in [0, 0.1) is 10.1 Å². The van der Waals surface area contributed by atoms with Gasteiger partial charge in [-0.1, -0.05) is 32.0 Å². The molecule has 0 spiro atoms. The van der Waals surface area contributed by atoms with E-state index in [9.17, 15) is 20.0 Å². The lowest BCUT2D eigenvalue weighted by atomic mass is 9.75. The molecule has 1 aromatic rings. The second-order valence-electron chi connectivity index (χ2n) is 3.87. The summed E-state index contributed by atoms with van der Waals surface area (Å²) in [6.07, 6.45) is 0.646. The van der Waals surface area contributed by atoms with Crippen LogP contribution in [0.4, 0.5) is 5.69 Å². The predicted octanol–water partition coefficient (Wildman–Crippen LogP) is 2.74. The van der Waals surface area contributed by atoms with Gasteiger partial charge >= 0.3 is 5.97 Å². The summed E-state index contributed by atoms with van der Waals surface area (Å²) < 4.78 is 0. The van der Waals surface area contributed by atoms with Gasteiger partial charge in [0.2, 0.25) is 0 Å². The van der Waals surface area contributed by atoms with Crippen LogP contribution in [0.5, 0.6) is 0 Å². The van der Waals surface area contributed by atoms with Crippen molar-refractivity contribution >= 4 is 11.7 Å². The number of benzene rings is 1. The normalized spacial score (nSPS) is 11.2. The van der Waals surface area contributed by atoms with Gasteiger partial charge < -0.3 is 5.11 Å². The second kappa shape index (κ2) is 4.95. The molecule has 0 bridgehead atoms. The molecule has 5 heteroatoms. The number of nitrogens with zero attached hydrogens (tertiary/aromatic N) is 1. The van der Waals surface area contributed by atoms with E-state index in [2.05, 4.69) is 0 Å². The molecule has 92 valence electrons. The molecule has 1 rings (SSSR count). The van der Waals surface area contributed by atoms with E-state index in [4.69, 9.17) is 0 Å².